The Bertz CT molecular complexity index is 1100. The SMILES string of the molecule is O=C1CNC(C(=O)c2cc(-c3ccc(F)c(Cl)c3)c(-c3cccc(Cl)c3)s2)N1. The maximum Gasteiger partial charge on any atom is 0.235 e. The largest absolute Gasteiger partial charge is 0.333 e. The van der Waals surface area contributed by atoms with Crippen molar-refractivity contribution in [2.75, 3.05) is 6.54 Å². The lowest BCUT2D eigenvalue weighted by Crippen LogP contribution is -2.39. The Morgan fingerprint density at radius 3 is 2.61 bits per heavy atom. The Labute approximate surface area is 174 Å². The zero-order chi connectivity index (χ0) is 19.8. The highest BCUT2D eigenvalue weighted by Crippen LogP contribution is 2.41. The molecule has 8 heteroatoms. The van der Waals surface area contributed by atoms with E-state index in [9.17, 15) is 14.0 Å². The molecule has 142 valence electrons. The van der Waals surface area contributed by atoms with E-state index in [4.69, 9.17) is 23.2 Å². The fourth-order valence-corrected chi connectivity index (χ4v) is 4.51. The highest BCUT2D eigenvalue weighted by Gasteiger charge is 2.29. The first-order valence-corrected chi connectivity index (χ1v) is 9.92. The summed E-state index contributed by atoms with van der Waals surface area (Å²) in [6, 6.07) is 13.4. The molecule has 2 aromatic carbocycles. The highest BCUT2D eigenvalue weighted by molar-refractivity contribution is 7.18. The first-order chi connectivity index (χ1) is 13.4. The van der Waals surface area contributed by atoms with Gasteiger partial charge in [-0.2, -0.15) is 0 Å². The lowest BCUT2D eigenvalue weighted by atomic mass is 10.0. The van der Waals surface area contributed by atoms with Gasteiger partial charge in [0, 0.05) is 15.5 Å². The van der Waals surface area contributed by atoms with E-state index in [1.54, 1.807) is 24.3 Å². The zero-order valence-corrected chi connectivity index (χ0v) is 16.6. The lowest BCUT2D eigenvalue weighted by molar-refractivity contribution is -0.118. The van der Waals surface area contributed by atoms with Gasteiger partial charge in [-0.15, -0.1) is 11.3 Å². The van der Waals surface area contributed by atoms with Crippen molar-refractivity contribution in [3.05, 3.63) is 69.3 Å². The van der Waals surface area contributed by atoms with E-state index < -0.39 is 12.0 Å². The molecule has 4 nitrogen and oxygen atoms in total. The van der Waals surface area contributed by atoms with Crippen molar-refractivity contribution in [2.45, 2.75) is 6.17 Å². The fraction of sp³-hybridized carbons (Fsp3) is 0.100. The van der Waals surface area contributed by atoms with Gasteiger partial charge in [-0.1, -0.05) is 41.4 Å². The molecule has 4 rings (SSSR count). The lowest BCUT2D eigenvalue weighted by Gasteiger charge is -2.06. The molecule has 1 aliphatic heterocycles. The number of hydrogen-bond donors (Lipinski definition) is 2. The van der Waals surface area contributed by atoms with Gasteiger partial charge in [-0.05, 0) is 41.5 Å². The number of benzene rings is 2. The molecule has 0 radical (unpaired) electrons. The van der Waals surface area contributed by atoms with Crippen molar-refractivity contribution in [1.29, 1.82) is 0 Å². The smallest absolute Gasteiger partial charge is 0.235 e. The van der Waals surface area contributed by atoms with Crippen LogP contribution < -0.4 is 10.6 Å². The van der Waals surface area contributed by atoms with Crippen molar-refractivity contribution in [2.24, 2.45) is 0 Å². The molecule has 1 aliphatic rings. The number of halogens is 3. The van der Waals surface area contributed by atoms with Gasteiger partial charge >= 0.3 is 0 Å². The third-order valence-corrected chi connectivity index (χ3v) is 6.05. The summed E-state index contributed by atoms with van der Waals surface area (Å²) in [5.41, 5.74) is 2.25. The topological polar surface area (TPSA) is 58.2 Å². The second-order valence-corrected chi connectivity index (χ2v) is 8.13. The van der Waals surface area contributed by atoms with Crippen molar-refractivity contribution >= 4 is 46.2 Å². The summed E-state index contributed by atoms with van der Waals surface area (Å²) in [6.45, 7) is 0.101. The summed E-state index contributed by atoms with van der Waals surface area (Å²) < 4.78 is 13.6. The van der Waals surface area contributed by atoms with Gasteiger partial charge in [0.1, 0.15) is 12.0 Å². The third-order valence-electron chi connectivity index (χ3n) is 4.33. The molecule has 28 heavy (non-hydrogen) atoms. The molecule has 1 aromatic heterocycles. The quantitative estimate of drug-likeness (QED) is 0.582. The van der Waals surface area contributed by atoms with Gasteiger partial charge < -0.3 is 5.32 Å². The molecule has 2 heterocycles. The minimum absolute atomic E-state index is 0.00153. The van der Waals surface area contributed by atoms with Crippen LogP contribution in [0.4, 0.5) is 4.39 Å². The molecule has 1 amide bonds. The Hall–Kier alpha value is -2.25. The summed E-state index contributed by atoms with van der Waals surface area (Å²) in [5.74, 6) is -0.979. The molecular formula is C20H13Cl2FN2O2S. The molecule has 2 N–H and O–H groups in total. The molecule has 0 bridgehead atoms. The number of hydrogen-bond acceptors (Lipinski definition) is 4. The number of amides is 1. The summed E-state index contributed by atoms with van der Waals surface area (Å²) in [4.78, 5) is 25.5. The van der Waals surface area contributed by atoms with Crippen LogP contribution in [0.25, 0.3) is 21.6 Å². The first-order valence-electron chi connectivity index (χ1n) is 8.34. The fourth-order valence-electron chi connectivity index (χ4n) is 2.99. The maximum atomic E-state index is 13.6. The second kappa shape index (κ2) is 7.64. The second-order valence-electron chi connectivity index (χ2n) is 6.24. The number of ketones is 1. The Kier molecular flexibility index (Phi) is 5.21. The minimum atomic E-state index is -0.761. The summed E-state index contributed by atoms with van der Waals surface area (Å²) in [5, 5.41) is 6.00. The zero-order valence-electron chi connectivity index (χ0n) is 14.3. The number of nitrogens with one attached hydrogen (secondary N) is 2. The minimum Gasteiger partial charge on any atom is -0.333 e. The standard InChI is InChI=1S/C20H13Cl2FN2O2S/c21-12-3-1-2-11(6-12)19-13(10-4-5-15(23)14(22)7-10)8-16(28-19)18(27)20-24-9-17(26)25-20/h1-8,20,24H,9H2,(H,25,26). The monoisotopic (exact) mass is 434 g/mol. The van der Waals surface area contributed by atoms with Crippen LogP contribution in [0.3, 0.4) is 0 Å². The predicted molar refractivity (Wildman–Crippen MR) is 109 cm³/mol. The average molecular weight is 435 g/mol. The van der Waals surface area contributed by atoms with Crippen LogP contribution in [0.2, 0.25) is 10.0 Å². The van der Waals surface area contributed by atoms with E-state index in [2.05, 4.69) is 10.6 Å². The third kappa shape index (κ3) is 3.69. The van der Waals surface area contributed by atoms with Crippen LogP contribution in [0.1, 0.15) is 9.67 Å². The number of carbonyl (C=O) groups is 2. The van der Waals surface area contributed by atoms with Gasteiger partial charge in [0.05, 0.1) is 16.4 Å². The molecular weight excluding hydrogens is 422 g/mol. The average Bonchev–Trinajstić information content (AvgIpc) is 3.30. The molecule has 0 aliphatic carbocycles. The Morgan fingerprint density at radius 2 is 1.93 bits per heavy atom. The Morgan fingerprint density at radius 1 is 1.11 bits per heavy atom. The number of Topliss-reactive ketones (excluding diaryl/α,β-unsaturated/α-hetero) is 1. The van der Waals surface area contributed by atoms with Crippen LogP contribution in [-0.2, 0) is 4.79 Å². The first kappa shape index (κ1) is 19.1. The number of thiophene rings is 1. The van der Waals surface area contributed by atoms with Crippen LogP contribution in [0, 0.1) is 5.82 Å². The Balaban J connectivity index is 1.83. The van der Waals surface area contributed by atoms with Crippen LogP contribution in [0.15, 0.2) is 48.5 Å². The van der Waals surface area contributed by atoms with Crippen LogP contribution in [-0.4, -0.2) is 24.4 Å². The van der Waals surface area contributed by atoms with Crippen molar-refractivity contribution < 1.29 is 14.0 Å². The predicted octanol–water partition coefficient (Wildman–Crippen LogP) is 4.76. The molecule has 1 atom stereocenters. The molecule has 1 fully saturated rings. The van der Waals surface area contributed by atoms with Gasteiger partial charge in [0.25, 0.3) is 0 Å². The molecule has 1 unspecified atom stereocenters. The van der Waals surface area contributed by atoms with Gasteiger partial charge in [0.15, 0.2) is 0 Å². The van der Waals surface area contributed by atoms with Crippen molar-refractivity contribution in [1.82, 2.24) is 10.6 Å². The van der Waals surface area contributed by atoms with Crippen molar-refractivity contribution in [3.63, 3.8) is 0 Å². The highest BCUT2D eigenvalue weighted by atomic mass is 35.5. The van der Waals surface area contributed by atoms with Crippen LogP contribution in [0.5, 0.6) is 0 Å². The normalized spacial score (nSPS) is 16.2. The number of carbonyl (C=O) groups excluding carboxylic acids is 2. The molecule has 0 saturated carbocycles. The van der Waals surface area contributed by atoms with E-state index >= 15 is 0 Å². The van der Waals surface area contributed by atoms with E-state index in [1.807, 2.05) is 12.1 Å². The number of rotatable bonds is 4. The molecule has 3 aromatic rings. The molecule has 0 spiro atoms. The maximum absolute atomic E-state index is 13.6. The summed E-state index contributed by atoms with van der Waals surface area (Å²) in [7, 11) is 0. The van der Waals surface area contributed by atoms with E-state index in [0.717, 1.165) is 16.0 Å². The summed E-state index contributed by atoms with van der Waals surface area (Å²) >= 11 is 13.4. The van der Waals surface area contributed by atoms with Crippen molar-refractivity contribution in [3.8, 4) is 21.6 Å². The van der Waals surface area contributed by atoms with E-state index in [1.165, 1.54) is 23.5 Å². The van der Waals surface area contributed by atoms with Gasteiger partial charge in [-0.3, -0.25) is 14.9 Å². The van der Waals surface area contributed by atoms with E-state index in [0.29, 0.717) is 15.5 Å². The molecule has 1 saturated heterocycles. The van der Waals surface area contributed by atoms with Crippen LogP contribution >= 0.6 is 34.5 Å². The van der Waals surface area contributed by atoms with Gasteiger partial charge in [0.2, 0.25) is 11.7 Å². The summed E-state index contributed by atoms with van der Waals surface area (Å²) in [6.07, 6.45) is -0.761. The van der Waals surface area contributed by atoms with E-state index in [-0.39, 0.29) is 23.3 Å². The van der Waals surface area contributed by atoms with Gasteiger partial charge in [-0.25, -0.2) is 4.39 Å².